The highest BCUT2D eigenvalue weighted by molar-refractivity contribution is 6.31. The lowest BCUT2D eigenvalue weighted by atomic mass is 9.91. The van der Waals surface area contributed by atoms with Crippen molar-refractivity contribution in [3.8, 4) is 17.2 Å². The van der Waals surface area contributed by atoms with Crippen molar-refractivity contribution in [2.24, 2.45) is 0 Å². The molecule has 0 bridgehead atoms. The van der Waals surface area contributed by atoms with E-state index in [1.807, 2.05) is 6.07 Å². The minimum atomic E-state index is -0.662. The first-order valence-corrected chi connectivity index (χ1v) is 11.5. The molecule has 1 aliphatic rings. The van der Waals surface area contributed by atoms with E-state index in [0.717, 1.165) is 11.1 Å². The molecule has 1 heterocycles. The molecule has 12 heteroatoms. The number of fused-ring (bicyclic) bond motifs is 1. The highest BCUT2D eigenvalue weighted by Crippen LogP contribution is 2.39. The van der Waals surface area contributed by atoms with Crippen LogP contribution >= 0.6 is 11.6 Å². The van der Waals surface area contributed by atoms with Gasteiger partial charge in [-0.1, -0.05) is 11.6 Å². The molecule has 0 fully saturated rings. The molecule has 192 valence electrons. The second kappa shape index (κ2) is 10.7. The predicted molar refractivity (Wildman–Crippen MR) is 134 cm³/mol. The van der Waals surface area contributed by atoms with Gasteiger partial charge in [0.25, 0.3) is 17.3 Å². The first-order valence-electron chi connectivity index (χ1n) is 11.1. The number of amides is 1. The van der Waals surface area contributed by atoms with Crippen molar-refractivity contribution in [3.63, 3.8) is 0 Å². The first kappa shape index (κ1) is 25.7. The Morgan fingerprint density at radius 2 is 1.68 bits per heavy atom. The zero-order chi connectivity index (χ0) is 26.7. The molecule has 1 aliphatic heterocycles. The van der Waals surface area contributed by atoms with Gasteiger partial charge in [-0.3, -0.25) is 25.0 Å². The molecule has 0 aliphatic carbocycles. The summed E-state index contributed by atoms with van der Waals surface area (Å²) in [4.78, 5) is 36.6. The lowest BCUT2D eigenvalue weighted by Crippen LogP contribution is -2.42. The average molecular weight is 528 g/mol. The second-order valence-electron chi connectivity index (χ2n) is 8.15. The number of nitrogens with zero attached hydrogens (tertiary/aromatic N) is 3. The van der Waals surface area contributed by atoms with Gasteiger partial charge in [0.15, 0.2) is 11.5 Å². The Labute approximate surface area is 216 Å². The number of ether oxygens (including phenoxy) is 3. The molecular formula is C25H22ClN3O8. The van der Waals surface area contributed by atoms with Crippen molar-refractivity contribution in [2.45, 2.75) is 12.5 Å². The average Bonchev–Trinajstić information content (AvgIpc) is 2.90. The Morgan fingerprint density at radius 3 is 2.30 bits per heavy atom. The minimum Gasteiger partial charge on any atom is -0.493 e. The van der Waals surface area contributed by atoms with Gasteiger partial charge in [-0.25, -0.2) is 0 Å². The number of nitro benzene ring substituents is 2. The van der Waals surface area contributed by atoms with E-state index in [1.54, 1.807) is 6.07 Å². The normalized spacial score (nSPS) is 14.5. The van der Waals surface area contributed by atoms with Crippen LogP contribution in [0, 0.1) is 20.2 Å². The number of non-ortho nitro benzene ring substituents is 1. The number of hydrogen-bond acceptors (Lipinski definition) is 8. The van der Waals surface area contributed by atoms with E-state index in [9.17, 15) is 25.0 Å². The largest absolute Gasteiger partial charge is 0.493 e. The number of halogens is 1. The highest BCUT2D eigenvalue weighted by atomic mass is 35.5. The topological polar surface area (TPSA) is 134 Å². The summed E-state index contributed by atoms with van der Waals surface area (Å²) >= 11 is 6.07. The quantitative estimate of drug-likeness (QED) is 0.295. The van der Waals surface area contributed by atoms with Crippen LogP contribution in [0.5, 0.6) is 17.2 Å². The van der Waals surface area contributed by atoms with Gasteiger partial charge in [0, 0.05) is 29.8 Å². The summed E-state index contributed by atoms with van der Waals surface area (Å²) in [5.41, 5.74) is 1.05. The number of carbonyl (C=O) groups excluding carboxylic acids is 1. The number of nitro groups is 2. The van der Waals surface area contributed by atoms with Crippen LogP contribution in [-0.2, 0) is 6.42 Å². The standard InChI is InChI=1S/C25H22ClN3O8/c1-35-23-11-15-9-10-27(25(30)20-12-16(26)3-8-21(20)29(33)34)22(19(15)13-24(23)36-2)14-37-18-6-4-17(5-7-18)28(31)32/h3-8,11-13,22H,9-10,14H2,1-2H3. The monoisotopic (exact) mass is 527 g/mol. The molecule has 0 radical (unpaired) electrons. The number of methoxy groups -OCH3 is 2. The Hall–Kier alpha value is -4.38. The van der Waals surface area contributed by atoms with Crippen LogP contribution in [0.4, 0.5) is 11.4 Å². The summed E-state index contributed by atoms with van der Waals surface area (Å²) < 4.78 is 16.8. The van der Waals surface area contributed by atoms with Crippen LogP contribution in [0.3, 0.4) is 0 Å². The van der Waals surface area contributed by atoms with Crippen LogP contribution in [-0.4, -0.2) is 48.0 Å². The third-order valence-corrected chi connectivity index (χ3v) is 6.34. The summed E-state index contributed by atoms with van der Waals surface area (Å²) in [6, 6.07) is 12.3. The number of carbonyl (C=O) groups is 1. The van der Waals surface area contributed by atoms with Gasteiger partial charge in [0.2, 0.25) is 0 Å². The van der Waals surface area contributed by atoms with E-state index in [1.165, 1.54) is 61.6 Å². The molecule has 11 nitrogen and oxygen atoms in total. The number of hydrogen-bond donors (Lipinski definition) is 0. The van der Waals surface area contributed by atoms with E-state index in [0.29, 0.717) is 23.7 Å². The van der Waals surface area contributed by atoms with Crippen LogP contribution in [0.25, 0.3) is 0 Å². The molecule has 3 aromatic carbocycles. The molecule has 3 aromatic rings. The zero-order valence-corrected chi connectivity index (χ0v) is 20.6. The van der Waals surface area contributed by atoms with Gasteiger partial charge in [-0.05, 0) is 53.9 Å². The summed E-state index contributed by atoms with van der Waals surface area (Å²) in [6.45, 7) is 0.222. The molecule has 1 unspecified atom stereocenters. The molecule has 0 saturated carbocycles. The fourth-order valence-corrected chi connectivity index (χ4v) is 4.46. The van der Waals surface area contributed by atoms with Gasteiger partial charge < -0.3 is 19.1 Å². The van der Waals surface area contributed by atoms with Crippen LogP contribution in [0.2, 0.25) is 5.02 Å². The maximum atomic E-state index is 13.7. The van der Waals surface area contributed by atoms with Gasteiger partial charge >= 0.3 is 0 Å². The van der Waals surface area contributed by atoms with Gasteiger partial charge in [0.1, 0.15) is 17.9 Å². The summed E-state index contributed by atoms with van der Waals surface area (Å²) in [5, 5.41) is 22.8. The number of benzene rings is 3. The van der Waals surface area contributed by atoms with Crippen LogP contribution < -0.4 is 14.2 Å². The minimum absolute atomic E-state index is 0.0274. The van der Waals surface area contributed by atoms with Crippen molar-refractivity contribution >= 4 is 28.9 Å². The third kappa shape index (κ3) is 5.26. The van der Waals surface area contributed by atoms with Crippen molar-refractivity contribution < 1.29 is 28.9 Å². The molecule has 37 heavy (non-hydrogen) atoms. The summed E-state index contributed by atoms with van der Waals surface area (Å²) in [6.07, 6.45) is 0.462. The van der Waals surface area contributed by atoms with Gasteiger partial charge in [-0.15, -0.1) is 0 Å². The molecular weight excluding hydrogens is 506 g/mol. The van der Waals surface area contributed by atoms with Gasteiger partial charge in [0.05, 0.1) is 30.1 Å². The van der Waals surface area contributed by atoms with Gasteiger partial charge in [-0.2, -0.15) is 0 Å². The smallest absolute Gasteiger partial charge is 0.282 e. The fourth-order valence-electron chi connectivity index (χ4n) is 4.28. The highest BCUT2D eigenvalue weighted by Gasteiger charge is 2.36. The zero-order valence-electron chi connectivity index (χ0n) is 19.9. The molecule has 1 atom stereocenters. The Kier molecular flexibility index (Phi) is 7.44. The lowest BCUT2D eigenvalue weighted by Gasteiger charge is -2.37. The second-order valence-corrected chi connectivity index (χ2v) is 8.59. The van der Waals surface area contributed by atoms with E-state index in [-0.39, 0.29) is 35.1 Å². The van der Waals surface area contributed by atoms with E-state index in [4.69, 9.17) is 25.8 Å². The predicted octanol–water partition coefficient (Wildman–Crippen LogP) is 4.99. The summed E-state index contributed by atoms with van der Waals surface area (Å²) in [7, 11) is 3.02. The maximum absolute atomic E-state index is 13.7. The molecule has 0 saturated heterocycles. The fraction of sp³-hybridized carbons (Fsp3) is 0.240. The van der Waals surface area contributed by atoms with Crippen LogP contribution in [0.15, 0.2) is 54.6 Å². The van der Waals surface area contributed by atoms with E-state index >= 15 is 0 Å². The Morgan fingerprint density at radius 1 is 1.00 bits per heavy atom. The van der Waals surface area contributed by atoms with Crippen molar-refractivity contribution in [3.05, 3.63) is 96.5 Å². The summed E-state index contributed by atoms with van der Waals surface area (Å²) in [5.74, 6) is 0.762. The van der Waals surface area contributed by atoms with E-state index in [2.05, 4.69) is 0 Å². The van der Waals surface area contributed by atoms with Crippen LogP contribution in [0.1, 0.15) is 27.5 Å². The molecule has 0 N–H and O–H groups in total. The Balaban J connectivity index is 1.74. The van der Waals surface area contributed by atoms with Crippen molar-refractivity contribution in [1.29, 1.82) is 0 Å². The van der Waals surface area contributed by atoms with Crippen molar-refractivity contribution in [1.82, 2.24) is 4.90 Å². The maximum Gasteiger partial charge on any atom is 0.282 e. The Bertz CT molecular complexity index is 1360. The lowest BCUT2D eigenvalue weighted by molar-refractivity contribution is -0.385. The van der Waals surface area contributed by atoms with Crippen molar-refractivity contribution in [2.75, 3.05) is 27.4 Å². The third-order valence-electron chi connectivity index (χ3n) is 6.10. The molecule has 0 aromatic heterocycles. The number of rotatable bonds is 8. The molecule has 0 spiro atoms. The SMILES string of the molecule is COc1cc2c(cc1OC)C(COc1ccc([N+](=O)[O-])cc1)N(C(=O)c1cc(Cl)ccc1[N+](=O)[O-])CC2. The molecule has 1 amide bonds. The molecule has 4 rings (SSSR count). The first-order chi connectivity index (χ1) is 17.7. The van der Waals surface area contributed by atoms with E-state index < -0.39 is 21.8 Å².